The fourth-order valence-corrected chi connectivity index (χ4v) is 1.27. The van der Waals surface area contributed by atoms with E-state index in [9.17, 15) is 4.79 Å². The summed E-state index contributed by atoms with van der Waals surface area (Å²) in [6.07, 6.45) is 2.62. The normalized spacial score (nSPS) is 27.4. The van der Waals surface area contributed by atoms with Crippen LogP contribution in [0.25, 0.3) is 0 Å². The van der Waals surface area contributed by atoms with E-state index in [1.165, 1.54) is 0 Å². The summed E-state index contributed by atoms with van der Waals surface area (Å²) in [4.78, 5) is 10.5. The van der Waals surface area contributed by atoms with Gasteiger partial charge in [-0.05, 0) is 32.4 Å². The van der Waals surface area contributed by atoms with Crippen LogP contribution in [-0.2, 0) is 4.79 Å². The molecule has 1 heterocycles. The monoisotopic (exact) mass is 143 g/mol. The first-order valence-electron chi connectivity index (χ1n) is 3.74. The predicted molar refractivity (Wildman–Crippen MR) is 37.8 cm³/mol. The van der Waals surface area contributed by atoms with Crippen molar-refractivity contribution in [2.45, 2.75) is 19.3 Å². The van der Waals surface area contributed by atoms with E-state index in [1.54, 1.807) is 0 Å². The van der Waals surface area contributed by atoms with E-state index in [-0.39, 0.29) is 5.92 Å². The van der Waals surface area contributed by atoms with Crippen molar-refractivity contribution in [1.82, 2.24) is 5.32 Å². The van der Waals surface area contributed by atoms with Crippen LogP contribution in [0.5, 0.6) is 0 Å². The molecule has 0 aliphatic carbocycles. The molecule has 0 radical (unpaired) electrons. The van der Waals surface area contributed by atoms with Crippen LogP contribution in [0, 0.1) is 5.92 Å². The summed E-state index contributed by atoms with van der Waals surface area (Å²) in [5, 5.41) is 11.8. The second-order valence-electron chi connectivity index (χ2n) is 2.72. The van der Waals surface area contributed by atoms with E-state index in [0.29, 0.717) is 0 Å². The highest BCUT2D eigenvalue weighted by molar-refractivity contribution is 5.69. The molecular weight excluding hydrogens is 130 g/mol. The number of hydrogen-bond donors (Lipinski definition) is 2. The van der Waals surface area contributed by atoms with Gasteiger partial charge in [-0.3, -0.25) is 4.79 Å². The Kier molecular flexibility index (Phi) is 2.68. The Bertz CT molecular complexity index is 117. The zero-order valence-corrected chi connectivity index (χ0v) is 5.97. The summed E-state index contributed by atoms with van der Waals surface area (Å²) in [7, 11) is 0. The third-order valence-electron chi connectivity index (χ3n) is 1.92. The Morgan fingerprint density at radius 3 is 2.90 bits per heavy atom. The summed E-state index contributed by atoms with van der Waals surface area (Å²) >= 11 is 0. The lowest BCUT2D eigenvalue weighted by Gasteiger charge is -2.05. The minimum absolute atomic E-state index is 0.102. The molecule has 0 bridgehead atoms. The zero-order valence-electron chi connectivity index (χ0n) is 5.97. The van der Waals surface area contributed by atoms with Crippen molar-refractivity contribution >= 4 is 5.97 Å². The van der Waals surface area contributed by atoms with Gasteiger partial charge in [0.1, 0.15) is 0 Å². The molecule has 0 aromatic rings. The zero-order chi connectivity index (χ0) is 7.40. The van der Waals surface area contributed by atoms with Gasteiger partial charge < -0.3 is 10.4 Å². The molecule has 0 spiro atoms. The van der Waals surface area contributed by atoms with Gasteiger partial charge in [0.25, 0.3) is 0 Å². The quantitative estimate of drug-likeness (QED) is 0.560. The van der Waals surface area contributed by atoms with Crippen LogP contribution in [0.1, 0.15) is 19.3 Å². The van der Waals surface area contributed by atoms with Gasteiger partial charge in [-0.1, -0.05) is 0 Å². The molecule has 1 aliphatic heterocycles. The molecule has 3 nitrogen and oxygen atoms in total. The van der Waals surface area contributed by atoms with Crippen LogP contribution < -0.4 is 5.32 Å². The first kappa shape index (κ1) is 7.54. The van der Waals surface area contributed by atoms with Gasteiger partial charge in [0.15, 0.2) is 0 Å². The Morgan fingerprint density at radius 2 is 2.20 bits per heavy atom. The Morgan fingerprint density at radius 1 is 1.40 bits per heavy atom. The van der Waals surface area contributed by atoms with Gasteiger partial charge in [0.2, 0.25) is 0 Å². The number of rotatable bonds is 1. The molecule has 2 N–H and O–H groups in total. The molecule has 58 valence electrons. The highest BCUT2D eigenvalue weighted by Crippen LogP contribution is 2.12. The maximum Gasteiger partial charge on any atom is 0.306 e. The highest BCUT2D eigenvalue weighted by atomic mass is 16.4. The number of hydrogen-bond acceptors (Lipinski definition) is 2. The fourth-order valence-electron chi connectivity index (χ4n) is 1.27. The number of carboxylic acids is 1. The standard InChI is InChI=1S/C7H13NO2/c9-7(10)6-2-1-4-8-5-3-6/h6,8H,1-5H2,(H,9,10)/t6-/m1/s1. The van der Waals surface area contributed by atoms with Gasteiger partial charge in [0.05, 0.1) is 5.92 Å². The number of aliphatic carboxylic acids is 1. The molecule has 10 heavy (non-hydrogen) atoms. The second kappa shape index (κ2) is 3.56. The van der Waals surface area contributed by atoms with E-state index in [1.807, 2.05) is 0 Å². The summed E-state index contributed by atoms with van der Waals surface area (Å²) in [5.41, 5.74) is 0. The van der Waals surface area contributed by atoms with Crippen molar-refractivity contribution in [2.24, 2.45) is 5.92 Å². The van der Waals surface area contributed by atoms with Gasteiger partial charge in [0, 0.05) is 0 Å². The smallest absolute Gasteiger partial charge is 0.306 e. The van der Waals surface area contributed by atoms with Crippen molar-refractivity contribution < 1.29 is 9.90 Å². The summed E-state index contributed by atoms with van der Waals surface area (Å²) < 4.78 is 0. The molecule has 1 saturated heterocycles. The second-order valence-corrected chi connectivity index (χ2v) is 2.72. The lowest BCUT2D eigenvalue weighted by molar-refractivity contribution is -0.142. The maximum absolute atomic E-state index is 10.5. The predicted octanol–water partition coefficient (Wildman–Crippen LogP) is 0.461. The molecule has 0 saturated carbocycles. The van der Waals surface area contributed by atoms with Crippen LogP contribution >= 0.6 is 0 Å². The van der Waals surface area contributed by atoms with Crippen LogP contribution in [-0.4, -0.2) is 24.2 Å². The van der Waals surface area contributed by atoms with Crippen LogP contribution in [0.2, 0.25) is 0 Å². The van der Waals surface area contributed by atoms with Crippen LogP contribution in [0.4, 0.5) is 0 Å². The average Bonchev–Trinajstić information content (AvgIpc) is 2.12. The molecule has 0 unspecified atom stereocenters. The van der Waals surface area contributed by atoms with Crippen LogP contribution in [0.3, 0.4) is 0 Å². The topological polar surface area (TPSA) is 49.3 Å². The Labute approximate surface area is 60.4 Å². The highest BCUT2D eigenvalue weighted by Gasteiger charge is 2.17. The molecule has 0 aromatic carbocycles. The largest absolute Gasteiger partial charge is 0.481 e. The SMILES string of the molecule is O=C(O)[C@@H]1CCCNCC1. The Hall–Kier alpha value is -0.570. The van der Waals surface area contributed by atoms with Crippen LogP contribution in [0.15, 0.2) is 0 Å². The number of carbonyl (C=O) groups is 1. The lowest BCUT2D eigenvalue weighted by Crippen LogP contribution is -2.17. The third kappa shape index (κ3) is 1.99. The minimum Gasteiger partial charge on any atom is -0.481 e. The molecule has 1 aliphatic rings. The summed E-state index contributed by atoms with van der Waals surface area (Å²) in [5.74, 6) is -0.737. The lowest BCUT2D eigenvalue weighted by atomic mass is 10.0. The summed E-state index contributed by atoms with van der Waals surface area (Å²) in [6, 6.07) is 0. The molecule has 1 atom stereocenters. The van der Waals surface area contributed by atoms with E-state index >= 15 is 0 Å². The van der Waals surface area contributed by atoms with E-state index in [0.717, 1.165) is 32.4 Å². The van der Waals surface area contributed by atoms with Gasteiger partial charge in [-0.2, -0.15) is 0 Å². The summed E-state index contributed by atoms with van der Waals surface area (Å²) in [6.45, 7) is 1.83. The third-order valence-corrected chi connectivity index (χ3v) is 1.92. The van der Waals surface area contributed by atoms with Gasteiger partial charge in [-0.25, -0.2) is 0 Å². The van der Waals surface area contributed by atoms with Crippen molar-refractivity contribution in [3.8, 4) is 0 Å². The maximum atomic E-state index is 10.5. The molecule has 3 heteroatoms. The van der Waals surface area contributed by atoms with Crippen molar-refractivity contribution in [3.63, 3.8) is 0 Å². The number of nitrogens with one attached hydrogen (secondary N) is 1. The first-order chi connectivity index (χ1) is 4.80. The molecule has 1 rings (SSSR count). The average molecular weight is 143 g/mol. The molecule has 0 aromatic heterocycles. The van der Waals surface area contributed by atoms with Crippen molar-refractivity contribution in [3.05, 3.63) is 0 Å². The number of carboxylic acid groups (broad SMARTS) is 1. The van der Waals surface area contributed by atoms with Gasteiger partial charge in [-0.15, -0.1) is 0 Å². The Balaban J connectivity index is 2.35. The molecule has 1 fully saturated rings. The van der Waals surface area contributed by atoms with Crippen molar-refractivity contribution in [2.75, 3.05) is 13.1 Å². The molecular formula is C7H13NO2. The minimum atomic E-state index is -0.635. The van der Waals surface area contributed by atoms with E-state index < -0.39 is 5.97 Å². The van der Waals surface area contributed by atoms with Crippen molar-refractivity contribution in [1.29, 1.82) is 0 Å². The van der Waals surface area contributed by atoms with E-state index in [4.69, 9.17) is 5.11 Å². The van der Waals surface area contributed by atoms with Gasteiger partial charge >= 0.3 is 5.97 Å². The first-order valence-corrected chi connectivity index (χ1v) is 3.74. The molecule has 0 amide bonds. The fraction of sp³-hybridized carbons (Fsp3) is 0.857. The van der Waals surface area contributed by atoms with E-state index in [2.05, 4.69) is 5.32 Å².